The van der Waals surface area contributed by atoms with Gasteiger partial charge in [-0.1, -0.05) is 26.0 Å². The van der Waals surface area contributed by atoms with Crippen LogP contribution in [0.2, 0.25) is 0 Å². The normalized spacial score (nSPS) is 24.2. The molecule has 3 atom stereocenters. The molecular formula is C12H22NO2Y5-. The van der Waals surface area contributed by atoms with Crippen LogP contribution in [-0.2, 0) is 173 Å². The first-order valence-electron chi connectivity index (χ1n) is 5.73. The summed E-state index contributed by atoms with van der Waals surface area (Å²) in [6.07, 6.45) is 5.68. The number of rotatable bonds is 4. The molecule has 0 amide bonds. The van der Waals surface area contributed by atoms with Crippen LogP contribution in [-0.4, -0.2) is 24.0 Å². The van der Waals surface area contributed by atoms with Crippen molar-refractivity contribution in [3.05, 3.63) is 17.9 Å². The average Bonchev–Trinajstić information content (AvgIpc) is 2.50. The first-order valence-corrected chi connectivity index (χ1v) is 5.73. The zero-order valence-electron chi connectivity index (χ0n) is 13.0. The zero-order valence-corrected chi connectivity index (χ0v) is 27.2. The van der Waals surface area contributed by atoms with Crippen molar-refractivity contribution in [3.63, 3.8) is 0 Å². The summed E-state index contributed by atoms with van der Waals surface area (Å²) in [5, 5.41) is 0. The molecule has 103 valence electrons. The summed E-state index contributed by atoms with van der Waals surface area (Å²) < 4.78 is 11.5. The van der Waals surface area contributed by atoms with Gasteiger partial charge in [0, 0.05) is 164 Å². The summed E-state index contributed by atoms with van der Waals surface area (Å²) in [6, 6.07) is -0.323. The number of allylic oxidation sites excluding steroid dienone is 1. The molecule has 0 bridgehead atoms. The fourth-order valence-corrected chi connectivity index (χ4v) is 1.88. The molecule has 0 saturated carbocycles. The van der Waals surface area contributed by atoms with Crippen molar-refractivity contribution in [2.45, 2.75) is 64.6 Å². The maximum atomic E-state index is 7.99. The van der Waals surface area contributed by atoms with E-state index in [0.717, 1.165) is 12.8 Å². The molecule has 5 radical (unpaired) electrons. The topological polar surface area (TPSA) is 42.3 Å². The summed E-state index contributed by atoms with van der Waals surface area (Å²) in [6.45, 7) is 7.95. The molecule has 8 heteroatoms. The fourth-order valence-electron chi connectivity index (χ4n) is 1.88. The summed E-state index contributed by atoms with van der Waals surface area (Å²) in [7, 11) is 0. The molecule has 0 aromatic carbocycles. The Morgan fingerprint density at radius 1 is 1.05 bits per heavy atom. The van der Waals surface area contributed by atoms with Crippen LogP contribution in [0.1, 0.15) is 40.5 Å². The zero-order chi connectivity index (χ0) is 11.5. The van der Waals surface area contributed by atoms with E-state index in [-0.39, 0.29) is 182 Å². The van der Waals surface area contributed by atoms with Gasteiger partial charge < -0.3 is 15.2 Å². The predicted octanol–water partition coefficient (Wildman–Crippen LogP) is 3.29. The van der Waals surface area contributed by atoms with E-state index in [4.69, 9.17) is 15.2 Å². The van der Waals surface area contributed by atoms with Crippen LogP contribution in [0, 0.1) is 0 Å². The van der Waals surface area contributed by atoms with E-state index in [1.165, 1.54) is 0 Å². The summed E-state index contributed by atoms with van der Waals surface area (Å²) in [5.74, 6) is -0.537. The predicted molar refractivity (Wildman–Crippen MR) is 61.7 cm³/mol. The maximum Gasteiger partial charge on any atom is 0.163 e. The standard InChI is InChI=1S/C12H22NO2.5Y/c1-5-7-8-9(13)11-10(6-2)14-12(3,4)15-11;;;;;/h7-11,13H,5-6H2,1-4H3;;;;;/q-1;;;;;/t9-,10+,11-;;;;;/m0...../s1. The van der Waals surface area contributed by atoms with Gasteiger partial charge in [-0.2, -0.15) is 0 Å². The Kier molecular flexibility index (Phi) is 34.2. The second kappa shape index (κ2) is 18.9. The molecule has 0 spiro atoms. The van der Waals surface area contributed by atoms with Gasteiger partial charge in [0.25, 0.3) is 0 Å². The number of hydrogen-bond acceptors (Lipinski definition) is 2. The van der Waals surface area contributed by atoms with E-state index in [0.29, 0.717) is 0 Å². The van der Waals surface area contributed by atoms with Crippen LogP contribution in [0.15, 0.2) is 12.2 Å². The largest absolute Gasteiger partial charge is 0.669 e. The Bertz CT molecular complexity index is 242. The molecule has 3 nitrogen and oxygen atoms in total. The second-order valence-electron chi connectivity index (χ2n) is 4.41. The van der Waals surface area contributed by atoms with Crippen LogP contribution in [0.5, 0.6) is 0 Å². The molecule has 1 rings (SSSR count). The molecule has 1 fully saturated rings. The monoisotopic (exact) mass is 657 g/mol. The van der Waals surface area contributed by atoms with Crippen molar-refractivity contribution in [3.8, 4) is 0 Å². The maximum absolute atomic E-state index is 7.99. The van der Waals surface area contributed by atoms with Gasteiger partial charge >= 0.3 is 0 Å². The minimum Gasteiger partial charge on any atom is -0.669 e. The Labute approximate surface area is 250 Å². The molecule has 1 N–H and O–H groups in total. The number of hydrogen-bond donors (Lipinski definition) is 0. The van der Waals surface area contributed by atoms with Crippen LogP contribution in [0.25, 0.3) is 5.73 Å². The summed E-state index contributed by atoms with van der Waals surface area (Å²) >= 11 is 0. The summed E-state index contributed by atoms with van der Waals surface area (Å²) in [4.78, 5) is 0. The van der Waals surface area contributed by atoms with Gasteiger partial charge in [-0.25, -0.2) is 0 Å². The molecule has 1 saturated heterocycles. The van der Waals surface area contributed by atoms with Gasteiger partial charge in [-0.3, -0.25) is 0 Å². The molecule has 1 aliphatic rings. The third kappa shape index (κ3) is 13.4. The molecule has 1 heterocycles. The van der Waals surface area contributed by atoms with Crippen LogP contribution in [0.3, 0.4) is 0 Å². The summed E-state index contributed by atoms with van der Waals surface area (Å²) in [5.41, 5.74) is 7.99. The van der Waals surface area contributed by atoms with Crippen LogP contribution < -0.4 is 0 Å². The van der Waals surface area contributed by atoms with Crippen molar-refractivity contribution in [2.75, 3.05) is 0 Å². The fraction of sp³-hybridized carbons (Fsp3) is 0.833. The Hall–Kier alpha value is 5.14. The van der Waals surface area contributed by atoms with Crippen molar-refractivity contribution in [2.24, 2.45) is 0 Å². The van der Waals surface area contributed by atoms with Gasteiger partial charge in [0.05, 0.1) is 12.2 Å². The molecule has 1 aliphatic heterocycles. The van der Waals surface area contributed by atoms with E-state index in [2.05, 4.69) is 13.8 Å². The third-order valence-corrected chi connectivity index (χ3v) is 2.56. The Morgan fingerprint density at radius 3 is 1.95 bits per heavy atom. The van der Waals surface area contributed by atoms with Crippen molar-refractivity contribution >= 4 is 0 Å². The van der Waals surface area contributed by atoms with Crippen molar-refractivity contribution in [1.82, 2.24) is 0 Å². The Morgan fingerprint density at radius 2 is 1.55 bits per heavy atom. The molecule has 20 heavy (non-hydrogen) atoms. The SMILES string of the molecule is CCC=C[C@H]([NH-])[C@@H]1OC(C)(C)O[C@@H]1CC.[Y].[Y].[Y].[Y].[Y]. The van der Waals surface area contributed by atoms with E-state index < -0.39 is 5.79 Å². The minimum atomic E-state index is -0.537. The Balaban J connectivity index is -0.000000150. The first-order chi connectivity index (χ1) is 7.00. The van der Waals surface area contributed by atoms with Crippen molar-refractivity contribution in [1.29, 1.82) is 0 Å². The molecule has 0 aromatic rings. The second-order valence-corrected chi connectivity index (χ2v) is 4.41. The molecule has 0 unspecified atom stereocenters. The van der Waals surface area contributed by atoms with Gasteiger partial charge in [0.1, 0.15) is 0 Å². The minimum absolute atomic E-state index is 0. The van der Waals surface area contributed by atoms with Gasteiger partial charge in [0.15, 0.2) is 5.79 Å². The number of ether oxygens (including phenoxy) is 2. The van der Waals surface area contributed by atoms with Gasteiger partial charge in [0.2, 0.25) is 0 Å². The van der Waals surface area contributed by atoms with Crippen LogP contribution >= 0.6 is 0 Å². The van der Waals surface area contributed by atoms with Crippen LogP contribution in [0.4, 0.5) is 0 Å². The van der Waals surface area contributed by atoms with Gasteiger partial charge in [-0.05, 0) is 26.7 Å². The van der Waals surface area contributed by atoms with E-state index in [9.17, 15) is 0 Å². The van der Waals surface area contributed by atoms with E-state index >= 15 is 0 Å². The quantitative estimate of drug-likeness (QED) is 0.437. The number of nitrogens with one attached hydrogen (secondary N) is 1. The molecular weight excluding hydrogens is 635 g/mol. The average molecular weight is 657 g/mol. The molecule has 0 aromatic heterocycles. The van der Waals surface area contributed by atoms with Crippen molar-refractivity contribution < 1.29 is 173 Å². The van der Waals surface area contributed by atoms with E-state index in [1.54, 1.807) is 0 Å². The first kappa shape index (κ1) is 36.1. The van der Waals surface area contributed by atoms with Gasteiger partial charge in [-0.15, -0.1) is 6.08 Å². The molecule has 0 aliphatic carbocycles. The smallest absolute Gasteiger partial charge is 0.163 e. The third-order valence-electron chi connectivity index (χ3n) is 2.56. The van der Waals surface area contributed by atoms with E-state index in [1.807, 2.05) is 26.0 Å².